The van der Waals surface area contributed by atoms with E-state index in [2.05, 4.69) is 240 Å². The van der Waals surface area contributed by atoms with E-state index in [1.807, 2.05) is 12.1 Å². The lowest BCUT2D eigenvalue weighted by Gasteiger charge is -2.26. The number of anilines is 3. The molecular weight excluding hydrogens is 765 g/mol. The molecule has 0 N–H and O–H groups in total. The molecule has 0 unspecified atom stereocenters. The molecule has 0 aliphatic heterocycles. The largest absolute Gasteiger partial charge is 0.456 e. The molecular formula is C60H40N2O. The minimum absolute atomic E-state index is 0.904. The monoisotopic (exact) mass is 804 g/mol. The Labute approximate surface area is 366 Å². The van der Waals surface area contributed by atoms with Crippen molar-refractivity contribution in [3.63, 3.8) is 0 Å². The van der Waals surface area contributed by atoms with Gasteiger partial charge in [-0.05, 0) is 123 Å². The highest BCUT2D eigenvalue weighted by Crippen LogP contribution is 2.41. The second-order valence-corrected chi connectivity index (χ2v) is 16.1. The van der Waals surface area contributed by atoms with Crippen LogP contribution >= 0.6 is 0 Å². The molecule has 63 heavy (non-hydrogen) atoms. The van der Waals surface area contributed by atoms with Crippen LogP contribution in [0.1, 0.15) is 0 Å². The van der Waals surface area contributed by atoms with Crippen LogP contribution in [0.25, 0.3) is 93.9 Å². The van der Waals surface area contributed by atoms with Crippen LogP contribution in [-0.4, -0.2) is 4.57 Å². The Kier molecular flexibility index (Phi) is 8.83. The first kappa shape index (κ1) is 36.5. The standard InChI is InChI=1S/C60H40N2O/c1-2-14-41(15-3-1)45-17-11-20-50(39-45)61(48-34-30-42(31-35-48)44-16-10-19-47(38-44)52-25-13-29-59-60(52)55-24-6-9-28-58(55)63-59)49-36-32-43(33-37-49)46-18-12-21-51(40-46)62-56-26-7-4-22-53(56)54-23-5-8-27-57(54)62/h1-40H. The van der Waals surface area contributed by atoms with Gasteiger partial charge in [0.25, 0.3) is 0 Å². The normalized spacial score (nSPS) is 11.5. The lowest BCUT2D eigenvalue weighted by Crippen LogP contribution is -2.10. The molecule has 0 saturated heterocycles. The number of rotatable bonds is 8. The Morgan fingerprint density at radius 2 is 0.794 bits per heavy atom. The van der Waals surface area contributed by atoms with E-state index in [0.717, 1.165) is 66.9 Å². The molecule has 3 nitrogen and oxygen atoms in total. The van der Waals surface area contributed by atoms with Crippen molar-refractivity contribution in [1.29, 1.82) is 0 Å². The van der Waals surface area contributed by atoms with Gasteiger partial charge in [-0.25, -0.2) is 0 Å². The Morgan fingerprint density at radius 1 is 0.302 bits per heavy atom. The van der Waals surface area contributed by atoms with Crippen molar-refractivity contribution >= 4 is 60.8 Å². The molecule has 0 bridgehead atoms. The van der Waals surface area contributed by atoms with E-state index in [1.165, 1.54) is 44.1 Å². The Balaban J connectivity index is 0.912. The van der Waals surface area contributed by atoms with Crippen LogP contribution in [0.2, 0.25) is 0 Å². The van der Waals surface area contributed by atoms with E-state index in [0.29, 0.717) is 0 Å². The second-order valence-electron chi connectivity index (χ2n) is 16.1. The van der Waals surface area contributed by atoms with Gasteiger partial charge in [-0.2, -0.15) is 0 Å². The van der Waals surface area contributed by atoms with Crippen LogP contribution in [0.5, 0.6) is 0 Å². The summed E-state index contributed by atoms with van der Waals surface area (Å²) in [6, 6.07) is 87.1. The number of hydrogen-bond donors (Lipinski definition) is 0. The third kappa shape index (κ3) is 6.46. The molecule has 0 saturated carbocycles. The van der Waals surface area contributed by atoms with Crippen molar-refractivity contribution in [3.05, 3.63) is 243 Å². The summed E-state index contributed by atoms with van der Waals surface area (Å²) in [6.07, 6.45) is 0. The van der Waals surface area contributed by atoms with Crippen LogP contribution in [-0.2, 0) is 0 Å². The molecule has 12 aromatic rings. The minimum Gasteiger partial charge on any atom is -0.456 e. The Morgan fingerprint density at radius 3 is 1.49 bits per heavy atom. The van der Waals surface area contributed by atoms with Gasteiger partial charge in [-0.1, -0.05) is 164 Å². The van der Waals surface area contributed by atoms with Crippen molar-refractivity contribution in [1.82, 2.24) is 4.57 Å². The van der Waals surface area contributed by atoms with E-state index in [4.69, 9.17) is 4.42 Å². The predicted molar refractivity (Wildman–Crippen MR) is 264 cm³/mol. The molecule has 2 aromatic heterocycles. The van der Waals surface area contributed by atoms with Crippen LogP contribution in [0.3, 0.4) is 0 Å². The van der Waals surface area contributed by atoms with Gasteiger partial charge in [0.05, 0.1) is 11.0 Å². The summed E-state index contributed by atoms with van der Waals surface area (Å²) in [5, 5.41) is 4.81. The molecule has 0 aliphatic carbocycles. The summed E-state index contributed by atoms with van der Waals surface area (Å²) in [5.41, 5.74) is 18.0. The van der Waals surface area contributed by atoms with Gasteiger partial charge in [-0.3, -0.25) is 0 Å². The third-order valence-electron chi connectivity index (χ3n) is 12.4. The fourth-order valence-electron chi connectivity index (χ4n) is 9.42. The number of para-hydroxylation sites is 3. The molecule has 0 fully saturated rings. The van der Waals surface area contributed by atoms with Crippen molar-refractivity contribution in [2.75, 3.05) is 4.90 Å². The topological polar surface area (TPSA) is 21.3 Å². The quantitative estimate of drug-likeness (QED) is 0.153. The average Bonchev–Trinajstić information content (AvgIpc) is 3.91. The van der Waals surface area contributed by atoms with E-state index >= 15 is 0 Å². The summed E-state index contributed by atoms with van der Waals surface area (Å²) in [4.78, 5) is 2.36. The molecule has 0 aliphatic rings. The van der Waals surface area contributed by atoms with Crippen molar-refractivity contribution in [3.8, 4) is 50.2 Å². The maximum atomic E-state index is 6.24. The average molecular weight is 805 g/mol. The zero-order valence-corrected chi connectivity index (χ0v) is 34.4. The lowest BCUT2D eigenvalue weighted by atomic mass is 9.96. The van der Waals surface area contributed by atoms with Gasteiger partial charge in [0.15, 0.2) is 0 Å². The van der Waals surface area contributed by atoms with Crippen LogP contribution in [0.4, 0.5) is 17.1 Å². The zero-order chi connectivity index (χ0) is 41.7. The summed E-state index contributed by atoms with van der Waals surface area (Å²) in [7, 11) is 0. The first-order valence-electron chi connectivity index (χ1n) is 21.5. The third-order valence-corrected chi connectivity index (χ3v) is 12.4. The fraction of sp³-hybridized carbons (Fsp3) is 0. The number of nitrogens with zero attached hydrogens (tertiary/aromatic N) is 2. The molecule has 0 amide bonds. The van der Waals surface area contributed by atoms with Gasteiger partial charge in [-0.15, -0.1) is 0 Å². The molecule has 10 aromatic carbocycles. The Hall–Kier alpha value is -8.40. The van der Waals surface area contributed by atoms with Crippen LogP contribution in [0.15, 0.2) is 247 Å². The summed E-state index contributed by atoms with van der Waals surface area (Å²) in [6.45, 7) is 0. The van der Waals surface area contributed by atoms with Gasteiger partial charge in [0.2, 0.25) is 0 Å². The van der Waals surface area contributed by atoms with Crippen molar-refractivity contribution < 1.29 is 4.42 Å². The molecule has 2 heterocycles. The van der Waals surface area contributed by atoms with E-state index in [-0.39, 0.29) is 0 Å². The summed E-state index contributed by atoms with van der Waals surface area (Å²) >= 11 is 0. The smallest absolute Gasteiger partial charge is 0.136 e. The van der Waals surface area contributed by atoms with Gasteiger partial charge in [0, 0.05) is 44.3 Å². The van der Waals surface area contributed by atoms with Crippen molar-refractivity contribution in [2.24, 2.45) is 0 Å². The van der Waals surface area contributed by atoms with E-state index < -0.39 is 0 Å². The number of fused-ring (bicyclic) bond motifs is 6. The molecule has 0 atom stereocenters. The van der Waals surface area contributed by atoms with E-state index in [9.17, 15) is 0 Å². The molecule has 3 heteroatoms. The molecule has 0 radical (unpaired) electrons. The summed E-state index contributed by atoms with van der Waals surface area (Å²) < 4.78 is 8.62. The number of aromatic nitrogens is 1. The highest BCUT2D eigenvalue weighted by Gasteiger charge is 2.17. The molecule has 296 valence electrons. The maximum Gasteiger partial charge on any atom is 0.136 e. The van der Waals surface area contributed by atoms with Crippen molar-refractivity contribution in [2.45, 2.75) is 0 Å². The highest BCUT2D eigenvalue weighted by molar-refractivity contribution is 6.12. The Bertz CT molecular complexity index is 3560. The van der Waals surface area contributed by atoms with Gasteiger partial charge < -0.3 is 13.9 Å². The van der Waals surface area contributed by atoms with Gasteiger partial charge >= 0.3 is 0 Å². The van der Waals surface area contributed by atoms with Crippen LogP contribution < -0.4 is 4.90 Å². The first-order chi connectivity index (χ1) is 31.2. The summed E-state index contributed by atoms with van der Waals surface area (Å²) in [5.74, 6) is 0. The number of benzene rings is 10. The SMILES string of the molecule is c1ccc(-c2cccc(N(c3ccc(-c4cccc(-c5cccc6oc7ccccc7c56)c4)cc3)c3ccc(-c4cccc(-n5c6ccccc6c6ccccc65)c4)cc3)c2)cc1. The zero-order valence-electron chi connectivity index (χ0n) is 34.4. The van der Waals surface area contributed by atoms with Crippen LogP contribution in [0, 0.1) is 0 Å². The van der Waals surface area contributed by atoms with Gasteiger partial charge in [0.1, 0.15) is 11.2 Å². The second kappa shape index (κ2) is 15.3. The molecule has 0 spiro atoms. The minimum atomic E-state index is 0.904. The first-order valence-corrected chi connectivity index (χ1v) is 21.5. The number of hydrogen-bond acceptors (Lipinski definition) is 2. The lowest BCUT2D eigenvalue weighted by molar-refractivity contribution is 0.669. The maximum absolute atomic E-state index is 6.24. The van der Waals surface area contributed by atoms with E-state index in [1.54, 1.807) is 0 Å². The fourth-order valence-corrected chi connectivity index (χ4v) is 9.42. The predicted octanol–water partition coefficient (Wildman–Crippen LogP) is 16.8. The highest BCUT2D eigenvalue weighted by atomic mass is 16.3. The molecule has 12 rings (SSSR count). The number of furan rings is 1.